The van der Waals surface area contributed by atoms with Crippen LogP contribution in [0.1, 0.15) is 5.56 Å². The standard InChI is InChI=1S/C15H15Cl2NO/c1-11-10-12(16)6-7-15(11)19-9-8-18-14-5-3-2-4-13(14)17/h2-7,10,18H,8-9H2,1H3. The average molecular weight is 296 g/mol. The van der Waals surface area contributed by atoms with Crippen LogP contribution < -0.4 is 10.1 Å². The molecule has 2 aromatic carbocycles. The Hall–Kier alpha value is -1.38. The number of rotatable bonds is 5. The lowest BCUT2D eigenvalue weighted by Gasteiger charge is -2.11. The summed E-state index contributed by atoms with van der Waals surface area (Å²) < 4.78 is 5.69. The fourth-order valence-corrected chi connectivity index (χ4v) is 2.16. The highest BCUT2D eigenvalue weighted by Gasteiger charge is 2.01. The van der Waals surface area contributed by atoms with Crippen LogP contribution in [0, 0.1) is 6.92 Å². The van der Waals surface area contributed by atoms with Crippen LogP contribution in [0.3, 0.4) is 0 Å². The molecule has 0 saturated heterocycles. The molecule has 0 heterocycles. The van der Waals surface area contributed by atoms with E-state index < -0.39 is 0 Å². The van der Waals surface area contributed by atoms with Gasteiger partial charge in [-0.2, -0.15) is 0 Å². The minimum atomic E-state index is 0.563. The van der Waals surface area contributed by atoms with Crippen molar-refractivity contribution in [3.8, 4) is 5.75 Å². The van der Waals surface area contributed by atoms with E-state index in [4.69, 9.17) is 27.9 Å². The third-order valence-corrected chi connectivity index (χ3v) is 3.25. The molecular formula is C15H15Cl2NO. The van der Waals surface area contributed by atoms with Crippen LogP contribution in [-0.4, -0.2) is 13.2 Å². The molecule has 2 aromatic rings. The number of ether oxygens (including phenoxy) is 1. The Balaban J connectivity index is 1.83. The molecule has 0 atom stereocenters. The van der Waals surface area contributed by atoms with Crippen LogP contribution in [0.5, 0.6) is 5.75 Å². The molecule has 1 N–H and O–H groups in total. The van der Waals surface area contributed by atoms with Gasteiger partial charge in [0.25, 0.3) is 0 Å². The Morgan fingerprint density at radius 2 is 1.89 bits per heavy atom. The summed E-state index contributed by atoms with van der Waals surface area (Å²) in [7, 11) is 0. The summed E-state index contributed by atoms with van der Waals surface area (Å²) in [5, 5.41) is 4.67. The summed E-state index contributed by atoms with van der Waals surface area (Å²) in [6.07, 6.45) is 0. The minimum absolute atomic E-state index is 0.563. The van der Waals surface area contributed by atoms with Crippen molar-refractivity contribution in [1.29, 1.82) is 0 Å². The predicted molar refractivity (Wildman–Crippen MR) is 81.6 cm³/mol. The fourth-order valence-electron chi connectivity index (χ4n) is 1.73. The maximum Gasteiger partial charge on any atom is 0.122 e. The number of hydrogen-bond donors (Lipinski definition) is 1. The molecule has 4 heteroatoms. The van der Waals surface area contributed by atoms with E-state index in [0.717, 1.165) is 22.0 Å². The third kappa shape index (κ3) is 4.05. The Labute approximate surface area is 123 Å². The minimum Gasteiger partial charge on any atom is -0.491 e. The molecule has 0 aromatic heterocycles. The number of hydrogen-bond acceptors (Lipinski definition) is 2. The first-order chi connectivity index (χ1) is 9.16. The zero-order chi connectivity index (χ0) is 13.7. The molecule has 0 aliphatic carbocycles. The maximum atomic E-state index is 6.04. The van der Waals surface area contributed by atoms with Gasteiger partial charge < -0.3 is 10.1 Å². The number of aryl methyl sites for hydroxylation is 1. The van der Waals surface area contributed by atoms with Gasteiger partial charge in [-0.1, -0.05) is 35.3 Å². The topological polar surface area (TPSA) is 21.3 Å². The second-order valence-electron chi connectivity index (χ2n) is 4.16. The van der Waals surface area contributed by atoms with Crippen LogP contribution in [0.2, 0.25) is 10.0 Å². The van der Waals surface area contributed by atoms with Gasteiger partial charge in [0.15, 0.2) is 0 Å². The third-order valence-electron chi connectivity index (χ3n) is 2.69. The molecule has 0 spiro atoms. The number of nitrogens with one attached hydrogen (secondary N) is 1. The van der Waals surface area contributed by atoms with Crippen molar-refractivity contribution < 1.29 is 4.74 Å². The largest absolute Gasteiger partial charge is 0.491 e. The van der Waals surface area contributed by atoms with E-state index in [0.29, 0.717) is 18.2 Å². The highest BCUT2D eigenvalue weighted by molar-refractivity contribution is 6.33. The number of halogens is 2. The van der Waals surface area contributed by atoms with Crippen LogP contribution in [0.15, 0.2) is 42.5 Å². The lowest BCUT2D eigenvalue weighted by atomic mass is 10.2. The maximum absolute atomic E-state index is 6.04. The van der Waals surface area contributed by atoms with Gasteiger partial charge in [-0.15, -0.1) is 0 Å². The van der Waals surface area contributed by atoms with Crippen molar-refractivity contribution in [1.82, 2.24) is 0 Å². The van der Waals surface area contributed by atoms with Crippen molar-refractivity contribution in [2.45, 2.75) is 6.92 Å². The summed E-state index contributed by atoms with van der Waals surface area (Å²) >= 11 is 11.9. The Morgan fingerprint density at radius 3 is 2.63 bits per heavy atom. The summed E-state index contributed by atoms with van der Waals surface area (Å²) in [5.41, 5.74) is 1.95. The summed E-state index contributed by atoms with van der Waals surface area (Å²) in [4.78, 5) is 0. The van der Waals surface area contributed by atoms with E-state index in [1.165, 1.54) is 0 Å². The molecule has 0 aliphatic heterocycles. The number of benzene rings is 2. The van der Waals surface area contributed by atoms with E-state index in [2.05, 4.69) is 5.32 Å². The molecule has 2 rings (SSSR count). The number of anilines is 1. The molecular weight excluding hydrogens is 281 g/mol. The first-order valence-electron chi connectivity index (χ1n) is 6.04. The normalized spacial score (nSPS) is 10.3. The van der Waals surface area contributed by atoms with Crippen molar-refractivity contribution in [3.63, 3.8) is 0 Å². The van der Waals surface area contributed by atoms with Crippen molar-refractivity contribution in [3.05, 3.63) is 58.1 Å². The first kappa shape index (κ1) is 14.0. The SMILES string of the molecule is Cc1cc(Cl)ccc1OCCNc1ccccc1Cl. The van der Waals surface area contributed by atoms with Crippen LogP contribution in [0.4, 0.5) is 5.69 Å². The van der Waals surface area contributed by atoms with Gasteiger partial charge in [0.2, 0.25) is 0 Å². The molecule has 100 valence electrons. The molecule has 0 bridgehead atoms. The van der Waals surface area contributed by atoms with E-state index in [-0.39, 0.29) is 0 Å². The lowest BCUT2D eigenvalue weighted by Crippen LogP contribution is -2.12. The molecule has 0 fully saturated rings. The van der Waals surface area contributed by atoms with Gasteiger partial charge in [-0.3, -0.25) is 0 Å². The molecule has 0 amide bonds. The van der Waals surface area contributed by atoms with Gasteiger partial charge in [0.05, 0.1) is 10.7 Å². The average Bonchev–Trinajstić information content (AvgIpc) is 2.38. The zero-order valence-electron chi connectivity index (χ0n) is 10.6. The lowest BCUT2D eigenvalue weighted by molar-refractivity contribution is 0.330. The van der Waals surface area contributed by atoms with E-state index in [1.807, 2.05) is 49.4 Å². The van der Waals surface area contributed by atoms with E-state index in [9.17, 15) is 0 Å². The molecule has 0 aliphatic rings. The molecule has 0 saturated carbocycles. The Bertz CT molecular complexity index is 558. The van der Waals surface area contributed by atoms with Gasteiger partial charge in [-0.05, 0) is 42.8 Å². The van der Waals surface area contributed by atoms with Crippen LogP contribution >= 0.6 is 23.2 Å². The van der Waals surface area contributed by atoms with Crippen molar-refractivity contribution in [2.24, 2.45) is 0 Å². The zero-order valence-corrected chi connectivity index (χ0v) is 12.1. The van der Waals surface area contributed by atoms with Crippen LogP contribution in [0.25, 0.3) is 0 Å². The second kappa shape index (κ2) is 6.69. The van der Waals surface area contributed by atoms with Gasteiger partial charge in [-0.25, -0.2) is 0 Å². The Kier molecular flexibility index (Phi) is 4.94. The summed E-state index contributed by atoms with van der Waals surface area (Å²) in [5.74, 6) is 0.852. The first-order valence-corrected chi connectivity index (χ1v) is 6.80. The Morgan fingerprint density at radius 1 is 1.11 bits per heavy atom. The van der Waals surface area contributed by atoms with Gasteiger partial charge in [0, 0.05) is 11.6 Å². The smallest absolute Gasteiger partial charge is 0.122 e. The van der Waals surface area contributed by atoms with E-state index >= 15 is 0 Å². The highest BCUT2D eigenvalue weighted by Crippen LogP contribution is 2.22. The molecule has 19 heavy (non-hydrogen) atoms. The monoisotopic (exact) mass is 295 g/mol. The molecule has 2 nitrogen and oxygen atoms in total. The van der Waals surface area contributed by atoms with Crippen molar-refractivity contribution in [2.75, 3.05) is 18.5 Å². The predicted octanol–water partition coefficient (Wildman–Crippen LogP) is 4.79. The summed E-state index contributed by atoms with van der Waals surface area (Å²) in [6.45, 7) is 3.22. The van der Waals surface area contributed by atoms with Crippen molar-refractivity contribution >= 4 is 28.9 Å². The molecule has 0 radical (unpaired) electrons. The quantitative estimate of drug-likeness (QED) is 0.801. The number of para-hydroxylation sites is 1. The molecule has 0 unspecified atom stereocenters. The van der Waals surface area contributed by atoms with E-state index in [1.54, 1.807) is 0 Å². The van der Waals surface area contributed by atoms with Crippen LogP contribution in [-0.2, 0) is 0 Å². The van der Waals surface area contributed by atoms with Gasteiger partial charge in [0.1, 0.15) is 12.4 Å². The van der Waals surface area contributed by atoms with Gasteiger partial charge >= 0.3 is 0 Å². The second-order valence-corrected chi connectivity index (χ2v) is 5.01. The fraction of sp³-hybridized carbons (Fsp3) is 0.200. The summed E-state index contributed by atoms with van der Waals surface area (Å²) in [6, 6.07) is 13.2. The highest BCUT2D eigenvalue weighted by atomic mass is 35.5.